The van der Waals surface area contributed by atoms with Crippen LogP contribution in [0.3, 0.4) is 0 Å². The lowest BCUT2D eigenvalue weighted by Crippen LogP contribution is -2.28. The number of nitrogens with zero attached hydrogens (tertiary/aromatic N) is 2. The highest BCUT2D eigenvalue weighted by molar-refractivity contribution is 5.00. The van der Waals surface area contributed by atoms with Gasteiger partial charge >= 0.3 is 0 Å². The van der Waals surface area contributed by atoms with Crippen LogP contribution in [-0.4, -0.2) is 33.7 Å². The fourth-order valence-electron chi connectivity index (χ4n) is 1.33. The molecule has 0 bridgehead atoms. The molecule has 0 fully saturated rings. The zero-order chi connectivity index (χ0) is 10.6. The van der Waals surface area contributed by atoms with Gasteiger partial charge in [0.15, 0.2) is 0 Å². The van der Waals surface area contributed by atoms with E-state index in [2.05, 4.69) is 5.10 Å². The fourth-order valence-corrected chi connectivity index (χ4v) is 1.33. The molecular weight excluding hydrogens is 180 g/mol. The summed E-state index contributed by atoms with van der Waals surface area (Å²) in [6, 6.07) is 1.90. The first-order valence-electron chi connectivity index (χ1n) is 4.91. The average Bonchev–Trinajstić information content (AvgIpc) is 2.51. The minimum absolute atomic E-state index is 0.137. The van der Waals surface area contributed by atoms with Crippen LogP contribution < -0.4 is 0 Å². The summed E-state index contributed by atoms with van der Waals surface area (Å²) in [4.78, 5) is 0. The topological polar surface area (TPSA) is 47.3 Å². The van der Waals surface area contributed by atoms with Gasteiger partial charge in [0, 0.05) is 26.3 Å². The van der Waals surface area contributed by atoms with Crippen LogP contribution >= 0.6 is 0 Å². The average molecular weight is 198 g/mol. The van der Waals surface area contributed by atoms with Gasteiger partial charge in [0.25, 0.3) is 0 Å². The molecule has 14 heavy (non-hydrogen) atoms. The quantitative estimate of drug-likeness (QED) is 0.759. The van der Waals surface area contributed by atoms with Crippen molar-refractivity contribution in [3.05, 3.63) is 18.0 Å². The molecule has 1 rings (SSSR count). The van der Waals surface area contributed by atoms with E-state index in [4.69, 9.17) is 4.74 Å². The van der Waals surface area contributed by atoms with Crippen LogP contribution in [0.4, 0.5) is 0 Å². The highest BCUT2D eigenvalue weighted by Gasteiger charge is 2.15. The van der Waals surface area contributed by atoms with Gasteiger partial charge in [-0.2, -0.15) is 5.10 Å². The molecule has 1 N–H and O–H groups in total. The highest BCUT2D eigenvalue weighted by atomic mass is 16.5. The van der Waals surface area contributed by atoms with Crippen LogP contribution in [0.1, 0.15) is 19.5 Å². The highest BCUT2D eigenvalue weighted by Crippen LogP contribution is 2.06. The van der Waals surface area contributed by atoms with Crippen LogP contribution in [0.5, 0.6) is 0 Å². The molecule has 2 atom stereocenters. The number of ether oxygens (including phenoxy) is 1. The largest absolute Gasteiger partial charge is 0.390 e. The van der Waals surface area contributed by atoms with Crippen LogP contribution in [-0.2, 0) is 18.2 Å². The second-order valence-electron chi connectivity index (χ2n) is 3.41. The normalized spacial score (nSPS) is 15.4. The van der Waals surface area contributed by atoms with E-state index in [0.717, 1.165) is 5.69 Å². The van der Waals surface area contributed by atoms with Gasteiger partial charge in [-0.3, -0.25) is 4.68 Å². The van der Waals surface area contributed by atoms with Crippen molar-refractivity contribution in [3.8, 4) is 0 Å². The number of aromatic nitrogens is 2. The standard InChI is InChI=1S/C10H18N2O2/c1-4-14-8(2)10(13)7-9-5-6-12(3)11-9/h5-6,8,10,13H,4,7H2,1-3H3. The summed E-state index contributed by atoms with van der Waals surface area (Å²) in [5, 5.41) is 13.9. The Morgan fingerprint density at radius 3 is 2.86 bits per heavy atom. The Bertz CT molecular complexity index is 273. The molecule has 4 nitrogen and oxygen atoms in total. The third-order valence-corrected chi connectivity index (χ3v) is 2.16. The van der Waals surface area contributed by atoms with Gasteiger partial charge in [0.2, 0.25) is 0 Å². The lowest BCUT2D eigenvalue weighted by atomic mass is 10.1. The van der Waals surface area contributed by atoms with Crippen molar-refractivity contribution in [1.82, 2.24) is 9.78 Å². The molecule has 0 spiro atoms. The maximum absolute atomic E-state index is 9.74. The molecule has 0 aromatic carbocycles. The molecule has 4 heteroatoms. The van der Waals surface area contributed by atoms with Crippen molar-refractivity contribution in [3.63, 3.8) is 0 Å². The second-order valence-corrected chi connectivity index (χ2v) is 3.41. The molecule has 2 unspecified atom stereocenters. The number of aliphatic hydroxyl groups is 1. The fraction of sp³-hybridized carbons (Fsp3) is 0.700. The third kappa shape index (κ3) is 3.12. The molecule has 1 heterocycles. The van der Waals surface area contributed by atoms with Crippen molar-refractivity contribution in [2.24, 2.45) is 7.05 Å². The number of aliphatic hydroxyl groups excluding tert-OH is 1. The molecule has 0 saturated heterocycles. The summed E-state index contributed by atoms with van der Waals surface area (Å²) in [6.45, 7) is 4.42. The van der Waals surface area contributed by atoms with Crippen LogP contribution in [0.25, 0.3) is 0 Å². The first-order chi connectivity index (χ1) is 6.63. The van der Waals surface area contributed by atoms with Gasteiger partial charge in [0.1, 0.15) is 0 Å². The number of aryl methyl sites for hydroxylation is 1. The van der Waals surface area contributed by atoms with E-state index in [-0.39, 0.29) is 6.10 Å². The van der Waals surface area contributed by atoms with E-state index in [1.54, 1.807) is 4.68 Å². The molecule has 80 valence electrons. The smallest absolute Gasteiger partial charge is 0.0855 e. The predicted molar refractivity (Wildman–Crippen MR) is 54.0 cm³/mol. The molecule has 1 aromatic rings. The summed E-state index contributed by atoms with van der Waals surface area (Å²) < 4.78 is 7.03. The lowest BCUT2D eigenvalue weighted by Gasteiger charge is -2.17. The SMILES string of the molecule is CCOC(C)C(O)Cc1ccn(C)n1. The van der Waals surface area contributed by atoms with E-state index in [1.165, 1.54) is 0 Å². The summed E-state index contributed by atoms with van der Waals surface area (Å²) in [5.74, 6) is 0. The summed E-state index contributed by atoms with van der Waals surface area (Å²) in [5.41, 5.74) is 0.895. The Hall–Kier alpha value is -0.870. The molecule has 0 saturated carbocycles. The lowest BCUT2D eigenvalue weighted by molar-refractivity contribution is -0.0212. The molecule has 0 amide bonds. The Labute approximate surface area is 84.5 Å². The molecule has 0 aliphatic rings. The Morgan fingerprint density at radius 1 is 1.64 bits per heavy atom. The summed E-state index contributed by atoms with van der Waals surface area (Å²) >= 11 is 0. The molecule has 0 radical (unpaired) electrons. The van der Waals surface area contributed by atoms with Crippen molar-refractivity contribution in [2.45, 2.75) is 32.5 Å². The number of hydrogen-bond acceptors (Lipinski definition) is 3. The monoisotopic (exact) mass is 198 g/mol. The molecule has 0 aliphatic heterocycles. The van der Waals surface area contributed by atoms with E-state index in [1.807, 2.05) is 33.2 Å². The van der Waals surface area contributed by atoms with Gasteiger partial charge in [-0.25, -0.2) is 0 Å². The summed E-state index contributed by atoms with van der Waals surface area (Å²) in [6.07, 6.45) is 1.79. The van der Waals surface area contributed by atoms with E-state index in [0.29, 0.717) is 13.0 Å². The van der Waals surface area contributed by atoms with Gasteiger partial charge in [-0.15, -0.1) is 0 Å². The van der Waals surface area contributed by atoms with Gasteiger partial charge in [-0.1, -0.05) is 0 Å². The molecule has 1 aromatic heterocycles. The minimum atomic E-state index is -0.482. The Morgan fingerprint density at radius 2 is 2.36 bits per heavy atom. The summed E-state index contributed by atoms with van der Waals surface area (Å²) in [7, 11) is 1.86. The van der Waals surface area contributed by atoms with Crippen molar-refractivity contribution in [1.29, 1.82) is 0 Å². The van der Waals surface area contributed by atoms with Gasteiger partial charge in [-0.05, 0) is 19.9 Å². The number of rotatable bonds is 5. The third-order valence-electron chi connectivity index (χ3n) is 2.16. The molecular formula is C10H18N2O2. The Balaban J connectivity index is 2.43. The maximum atomic E-state index is 9.74. The van der Waals surface area contributed by atoms with Gasteiger partial charge < -0.3 is 9.84 Å². The van der Waals surface area contributed by atoms with Crippen molar-refractivity contribution in [2.75, 3.05) is 6.61 Å². The Kier molecular flexibility index (Phi) is 4.10. The van der Waals surface area contributed by atoms with E-state index < -0.39 is 6.10 Å². The van der Waals surface area contributed by atoms with Crippen molar-refractivity contribution >= 4 is 0 Å². The number of hydrogen-bond donors (Lipinski definition) is 1. The first-order valence-corrected chi connectivity index (χ1v) is 4.91. The zero-order valence-electron chi connectivity index (χ0n) is 8.97. The van der Waals surface area contributed by atoms with Crippen LogP contribution in [0.2, 0.25) is 0 Å². The van der Waals surface area contributed by atoms with Gasteiger partial charge in [0.05, 0.1) is 17.9 Å². The van der Waals surface area contributed by atoms with E-state index in [9.17, 15) is 5.11 Å². The van der Waals surface area contributed by atoms with Crippen molar-refractivity contribution < 1.29 is 9.84 Å². The van der Waals surface area contributed by atoms with Crippen LogP contribution in [0.15, 0.2) is 12.3 Å². The zero-order valence-corrected chi connectivity index (χ0v) is 8.97. The second kappa shape index (κ2) is 5.12. The van der Waals surface area contributed by atoms with Crippen LogP contribution in [0, 0.1) is 0 Å². The molecule has 0 aliphatic carbocycles. The predicted octanol–water partition coefficient (Wildman–Crippen LogP) is 0.748. The minimum Gasteiger partial charge on any atom is -0.390 e. The maximum Gasteiger partial charge on any atom is 0.0855 e. The first kappa shape index (κ1) is 11.2. The van der Waals surface area contributed by atoms with E-state index >= 15 is 0 Å².